The second kappa shape index (κ2) is 11.4. The van der Waals surface area contributed by atoms with Gasteiger partial charge in [-0.1, -0.05) is 18.2 Å². The lowest BCUT2D eigenvalue weighted by atomic mass is 9.79. The zero-order valence-electron chi connectivity index (χ0n) is 21.5. The molecule has 0 spiro atoms. The van der Waals surface area contributed by atoms with E-state index in [9.17, 15) is 19.8 Å². The summed E-state index contributed by atoms with van der Waals surface area (Å²) in [5.41, 5.74) is 4.43. The smallest absolute Gasteiger partial charge is 0.336 e. The van der Waals surface area contributed by atoms with E-state index in [1.807, 2.05) is 29.6 Å². The van der Waals surface area contributed by atoms with Gasteiger partial charge in [-0.2, -0.15) is 0 Å². The van der Waals surface area contributed by atoms with Crippen molar-refractivity contribution >= 4 is 34.1 Å². The number of nitrogens with one attached hydrogen (secondary N) is 2. The van der Waals surface area contributed by atoms with Gasteiger partial charge in [0.05, 0.1) is 36.0 Å². The van der Waals surface area contributed by atoms with E-state index in [-0.39, 0.29) is 24.7 Å². The number of ether oxygens (including phenoxy) is 2. The molecule has 1 aliphatic rings. The van der Waals surface area contributed by atoms with E-state index in [4.69, 9.17) is 9.47 Å². The summed E-state index contributed by atoms with van der Waals surface area (Å²) >= 11 is 1.35. The minimum atomic E-state index is -0.744. The van der Waals surface area contributed by atoms with Crippen molar-refractivity contribution in [2.75, 3.05) is 18.5 Å². The fourth-order valence-electron chi connectivity index (χ4n) is 4.39. The van der Waals surface area contributed by atoms with Gasteiger partial charge in [-0.05, 0) is 57.5 Å². The summed E-state index contributed by atoms with van der Waals surface area (Å²) in [4.78, 5) is 30.9. The number of hydrogen-bond acceptors (Lipinski definition) is 10. The van der Waals surface area contributed by atoms with Crippen molar-refractivity contribution in [1.82, 2.24) is 10.3 Å². The van der Waals surface area contributed by atoms with Crippen LogP contribution in [0.5, 0.6) is 11.5 Å². The molecular weight excluding hydrogens is 506 g/mol. The first-order valence-electron chi connectivity index (χ1n) is 12.1. The summed E-state index contributed by atoms with van der Waals surface area (Å²) in [5.74, 6) is -2.22. The van der Waals surface area contributed by atoms with Crippen LogP contribution in [0.2, 0.25) is 0 Å². The number of aromatic hydroxyl groups is 2. The van der Waals surface area contributed by atoms with Crippen LogP contribution in [-0.4, -0.2) is 40.3 Å². The van der Waals surface area contributed by atoms with E-state index in [2.05, 4.69) is 15.6 Å². The van der Waals surface area contributed by atoms with Crippen molar-refractivity contribution in [2.45, 2.75) is 33.6 Å². The van der Waals surface area contributed by atoms with Crippen LogP contribution in [0.15, 0.2) is 70.4 Å². The van der Waals surface area contributed by atoms with Crippen LogP contribution in [0, 0.1) is 0 Å². The molecule has 4 N–H and O–H groups in total. The molecule has 0 unspecified atom stereocenters. The number of nitrogens with zero attached hydrogens (tertiary/aromatic N) is 1. The molecule has 198 valence electrons. The lowest BCUT2D eigenvalue weighted by Crippen LogP contribution is -2.32. The molecule has 2 heterocycles. The Morgan fingerprint density at radius 2 is 1.61 bits per heavy atom. The van der Waals surface area contributed by atoms with E-state index in [1.165, 1.54) is 23.5 Å². The summed E-state index contributed by atoms with van der Waals surface area (Å²) in [5, 5.41) is 28.3. The maximum absolute atomic E-state index is 13.1. The number of hydrogen-bond donors (Lipinski definition) is 4. The zero-order chi connectivity index (χ0) is 27.4. The minimum absolute atomic E-state index is 0.189. The fraction of sp³-hybridized carbons (Fsp3) is 0.250. The number of phenols is 2. The van der Waals surface area contributed by atoms with Gasteiger partial charge in [0.2, 0.25) is 0 Å². The standard InChI is InChI=1S/C28H29N3O6S/c1-5-36-26(34)23-15(3)29-16(4)24(27(35)37-6-2)25(23)18-9-7-8-10-19(18)30-28-31-20(14-38-28)17-11-12-21(32)22(33)13-17/h7-14,25,29,32-33H,5-6H2,1-4H3,(H,30,31). The van der Waals surface area contributed by atoms with E-state index in [0.29, 0.717) is 50.2 Å². The zero-order valence-corrected chi connectivity index (χ0v) is 22.3. The molecule has 0 atom stereocenters. The highest BCUT2D eigenvalue weighted by Crippen LogP contribution is 2.43. The van der Waals surface area contributed by atoms with Crippen molar-refractivity contribution < 1.29 is 29.3 Å². The van der Waals surface area contributed by atoms with E-state index in [0.717, 1.165) is 0 Å². The normalized spacial score (nSPS) is 13.8. The van der Waals surface area contributed by atoms with Crippen molar-refractivity contribution in [1.29, 1.82) is 0 Å². The number of carbonyl (C=O) groups excluding carboxylic acids is 2. The number of benzene rings is 2. The third kappa shape index (κ3) is 5.35. The van der Waals surface area contributed by atoms with Crippen LogP contribution in [-0.2, 0) is 19.1 Å². The SMILES string of the molecule is CCOC(=O)C1=C(C)NC(C)=C(C(=O)OCC)C1c1ccccc1Nc1nc(-c2ccc(O)c(O)c2)cs1. The molecule has 4 rings (SSSR count). The van der Waals surface area contributed by atoms with Crippen molar-refractivity contribution in [3.05, 3.63) is 75.9 Å². The summed E-state index contributed by atoms with van der Waals surface area (Å²) in [6.45, 7) is 7.40. The molecule has 10 heteroatoms. The molecular formula is C28H29N3O6S. The first-order chi connectivity index (χ1) is 18.2. The average molecular weight is 536 g/mol. The molecule has 2 aromatic carbocycles. The second-order valence-electron chi connectivity index (χ2n) is 8.53. The predicted octanol–water partition coefficient (Wildman–Crippen LogP) is 5.33. The third-order valence-electron chi connectivity index (χ3n) is 6.04. The van der Waals surface area contributed by atoms with Gasteiger partial charge in [0.25, 0.3) is 0 Å². The fourth-order valence-corrected chi connectivity index (χ4v) is 5.12. The number of allylic oxidation sites excluding steroid dienone is 2. The summed E-state index contributed by atoms with van der Waals surface area (Å²) in [6, 6.07) is 11.9. The van der Waals surface area contributed by atoms with Crippen LogP contribution in [0.4, 0.5) is 10.8 Å². The first-order valence-corrected chi connectivity index (χ1v) is 13.0. The number of thiazole rings is 1. The lowest BCUT2D eigenvalue weighted by molar-refractivity contribution is -0.139. The highest BCUT2D eigenvalue weighted by Gasteiger charge is 2.39. The molecule has 3 aromatic rings. The molecule has 1 aromatic heterocycles. The van der Waals surface area contributed by atoms with E-state index >= 15 is 0 Å². The molecule has 0 saturated carbocycles. The van der Waals surface area contributed by atoms with Gasteiger partial charge < -0.3 is 30.3 Å². The molecule has 0 amide bonds. The first kappa shape index (κ1) is 26.7. The van der Waals surface area contributed by atoms with Crippen LogP contribution >= 0.6 is 11.3 Å². The molecule has 38 heavy (non-hydrogen) atoms. The number of esters is 2. The van der Waals surface area contributed by atoms with Crippen molar-refractivity contribution in [3.8, 4) is 22.8 Å². The Labute approximate surface area is 224 Å². The number of dihydropyridines is 1. The maximum atomic E-state index is 13.1. The summed E-state index contributed by atoms with van der Waals surface area (Å²) in [7, 11) is 0. The van der Waals surface area contributed by atoms with E-state index < -0.39 is 17.9 Å². The quantitative estimate of drug-likeness (QED) is 0.223. The second-order valence-corrected chi connectivity index (χ2v) is 9.39. The molecule has 9 nitrogen and oxygen atoms in total. The lowest BCUT2D eigenvalue weighted by Gasteiger charge is -2.31. The Morgan fingerprint density at radius 3 is 2.21 bits per heavy atom. The van der Waals surface area contributed by atoms with Crippen LogP contribution < -0.4 is 10.6 Å². The van der Waals surface area contributed by atoms with Gasteiger partial charge in [0.15, 0.2) is 16.6 Å². The number of carbonyl (C=O) groups is 2. The molecule has 1 aliphatic heterocycles. The van der Waals surface area contributed by atoms with Crippen molar-refractivity contribution in [3.63, 3.8) is 0 Å². The van der Waals surface area contributed by atoms with Gasteiger partial charge in [0, 0.05) is 28.0 Å². The summed E-state index contributed by atoms with van der Waals surface area (Å²) < 4.78 is 10.7. The number of phenolic OH excluding ortho intramolecular Hbond substituents is 2. The van der Waals surface area contributed by atoms with Gasteiger partial charge in [-0.15, -0.1) is 11.3 Å². The molecule has 0 aliphatic carbocycles. The highest BCUT2D eigenvalue weighted by molar-refractivity contribution is 7.14. The number of rotatable bonds is 8. The number of aromatic nitrogens is 1. The summed E-state index contributed by atoms with van der Waals surface area (Å²) in [6.07, 6.45) is 0. The maximum Gasteiger partial charge on any atom is 0.336 e. The topological polar surface area (TPSA) is 130 Å². The third-order valence-corrected chi connectivity index (χ3v) is 6.80. The van der Waals surface area contributed by atoms with Gasteiger partial charge in [0.1, 0.15) is 0 Å². The largest absolute Gasteiger partial charge is 0.504 e. The minimum Gasteiger partial charge on any atom is -0.504 e. The van der Waals surface area contributed by atoms with Gasteiger partial charge in [-0.3, -0.25) is 0 Å². The number of para-hydroxylation sites is 1. The van der Waals surface area contributed by atoms with Crippen LogP contribution in [0.25, 0.3) is 11.3 Å². The Kier molecular flexibility index (Phi) is 8.02. The Hall–Kier alpha value is -4.31. The van der Waals surface area contributed by atoms with Gasteiger partial charge in [-0.25, -0.2) is 14.6 Å². The van der Waals surface area contributed by atoms with Gasteiger partial charge >= 0.3 is 11.9 Å². The Balaban J connectivity index is 1.77. The number of anilines is 2. The predicted molar refractivity (Wildman–Crippen MR) is 145 cm³/mol. The monoisotopic (exact) mass is 535 g/mol. The average Bonchev–Trinajstić information content (AvgIpc) is 3.34. The Bertz CT molecular complexity index is 1400. The molecule has 0 bridgehead atoms. The molecule has 0 saturated heterocycles. The van der Waals surface area contributed by atoms with Crippen molar-refractivity contribution in [2.24, 2.45) is 0 Å². The highest BCUT2D eigenvalue weighted by atomic mass is 32.1. The molecule has 0 fully saturated rings. The molecule has 0 radical (unpaired) electrons. The Morgan fingerprint density at radius 1 is 0.974 bits per heavy atom. The van der Waals surface area contributed by atoms with E-state index in [1.54, 1.807) is 33.8 Å². The van der Waals surface area contributed by atoms with Crippen LogP contribution in [0.1, 0.15) is 39.2 Å². The van der Waals surface area contributed by atoms with Crippen LogP contribution in [0.3, 0.4) is 0 Å².